The van der Waals surface area contributed by atoms with Crippen LogP contribution < -0.4 is 5.32 Å². The summed E-state index contributed by atoms with van der Waals surface area (Å²) in [6, 6.07) is 16.3. The van der Waals surface area contributed by atoms with E-state index in [4.69, 9.17) is 0 Å². The average molecular weight is 296 g/mol. The molecule has 0 radical (unpaired) electrons. The summed E-state index contributed by atoms with van der Waals surface area (Å²) in [5, 5.41) is 21.8. The summed E-state index contributed by atoms with van der Waals surface area (Å²) < 4.78 is 13.8. The van der Waals surface area contributed by atoms with Crippen molar-refractivity contribution < 1.29 is 9.50 Å². The van der Waals surface area contributed by atoms with Crippen LogP contribution in [0.25, 0.3) is 11.1 Å². The van der Waals surface area contributed by atoms with Crippen molar-refractivity contribution in [2.75, 3.05) is 6.61 Å². The normalized spacial score (nSPS) is 27.0. The molecule has 1 saturated heterocycles. The molecule has 1 heterocycles. The lowest BCUT2D eigenvalue weighted by molar-refractivity contribution is 0.0985. The van der Waals surface area contributed by atoms with Gasteiger partial charge in [0.1, 0.15) is 11.4 Å². The summed E-state index contributed by atoms with van der Waals surface area (Å²) in [4.78, 5) is 0. The first kappa shape index (κ1) is 14.7. The highest BCUT2D eigenvalue weighted by molar-refractivity contribution is 5.64. The van der Waals surface area contributed by atoms with Crippen molar-refractivity contribution in [1.82, 2.24) is 5.32 Å². The van der Waals surface area contributed by atoms with Gasteiger partial charge in [-0.15, -0.1) is 0 Å². The first-order valence-corrected chi connectivity index (χ1v) is 7.24. The van der Waals surface area contributed by atoms with Gasteiger partial charge in [0, 0.05) is 17.5 Å². The molecular weight excluding hydrogens is 279 g/mol. The largest absolute Gasteiger partial charge is 0.395 e. The summed E-state index contributed by atoms with van der Waals surface area (Å²) in [6.45, 7) is 1.81. The molecule has 2 N–H and O–H groups in total. The van der Waals surface area contributed by atoms with Gasteiger partial charge in [-0.05, 0) is 24.1 Å². The summed E-state index contributed by atoms with van der Waals surface area (Å²) >= 11 is 0. The van der Waals surface area contributed by atoms with Crippen LogP contribution in [0.2, 0.25) is 0 Å². The summed E-state index contributed by atoms with van der Waals surface area (Å²) in [5.41, 5.74) is 1.66. The van der Waals surface area contributed by atoms with Crippen LogP contribution in [0.15, 0.2) is 48.5 Å². The smallest absolute Gasteiger partial charge is 0.131 e. The highest BCUT2D eigenvalue weighted by atomic mass is 19.1. The number of rotatable bonds is 3. The van der Waals surface area contributed by atoms with Gasteiger partial charge in [-0.2, -0.15) is 5.26 Å². The van der Waals surface area contributed by atoms with E-state index in [0.29, 0.717) is 5.56 Å². The topological polar surface area (TPSA) is 56.0 Å². The highest BCUT2D eigenvalue weighted by Crippen LogP contribution is 2.40. The van der Waals surface area contributed by atoms with Gasteiger partial charge in [0.25, 0.3) is 0 Å². The van der Waals surface area contributed by atoms with Gasteiger partial charge in [0.05, 0.1) is 12.7 Å². The molecule has 0 saturated carbocycles. The first-order valence-electron chi connectivity index (χ1n) is 7.24. The van der Waals surface area contributed by atoms with E-state index in [-0.39, 0.29) is 24.4 Å². The molecule has 2 aromatic carbocycles. The van der Waals surface area contributed by atoms with E-state index in [2.05, 4.69) is 11.4 Å². The van der Waals surface area contributed by atoms with E-state index < -0.39 is 5.54 Å². The fourth-order valence-electron chi connectivity index (χ4n) is 3.25. The number of nitrogens with zero attached hydrogens (tertiary/aromatic N) is 1. The van der Waals surface area contributed by atoms with E-state index in [1.807, 2.05) is 31.2 Å². The van der Waals surface area contributed by atoms with Crippen LogP contribution in [0, 0.1) is 17.1 Å². The number of nitrogens with one attached hydrogen (secondary N) is 1. The van der Waals surface area contributed by atoms with Crippen LogP contribution in [0.5, 0.6) is 0 Å². The van der Waals surface area contributed by atoms with Gasteiger partial charge in [0.15, 0.2) is 0 Å². The van der Waals surface area contributed by atoms with Crippen molar-refractivity contribution in [2.24, 2.45) is 0 Å². The Balaban J connectivity index is 1.92. The van der Waals surface area contributed by atoms with Crippen LogP contribution in [-0.2, 0) is 0 Å². The van der Waals surface area contributed by atoms with Crippen LogP contribution >= 0.6 is 0 Å². The number of aliphatic hydroxyl groups excluding tert-OH is 1. The standard InChI is InChI=1S/C18H17FN2O/c1-18(11-20)17(16(10-22)21-18)13-8-6-12(7-9-13)14-4-2-3-5-15(14)19/h2-9,16-17,21-22H,10H2,1H3/t16-,17+,18+/m0/s1. The molecular formula is C18H17FN2O. The molecule has 22 heavy (non-hydrogen) atoms. The van der Waals surface area contributed by atoms with Gasteiger partial charge in [0.2, 0.25) is 0 Å². The maximum atomic E-state index is 13.8. The third-order valence-corrected chi connectivity index (χ3v) is 4.39. The minimum Gasteiger partial charge on any atom is -0.395 e. The molecule has 112 valence electrons. The zero-order valence-corrected chi connectivity index (χ0v) is 12.3. The van der Waals surface area contributed by atoms with E-state index in [0.717, 1.165) is 11.1 Å². The van der Waals surface area contributed by atoms with E-state index in [1.54, 1.807) is 18.2 Å². The fraction of sp³-hybridized carbons (Fsp3) is 0.278. The molecule has 1 aliphatic heterocycles. The van der Waals surface area contributed by atoms with Gasteiger partial charge >= 0.3 is 0 Å². The van der Waals surface area contributed by atoms with Crippen molar-refractivity contribution in [1.29, 1.82) is 5.26 Å². The van der Waals surface area contributed by atoms with Crippen LogP contribution in [0.4, 0.5) is 4.39 Å². The zero-order valence-electron chi connectivity index (χ0n) is 12.3. The molecule has 3 nitrogen and oxygen atoms in total. The van der Waals surface area contributed by atoms with Crippen molar-refractivity contribution >= 4 is 0 Å². The Morgan fingerprint density at radius 2 is 1.91 bits per heavy atom. The number of halogens is 1. The monoisotopic (exact) mass is 296 g/mol. The van der Waals surface area contributed by atoms with Gasteiger partial charge in [-0.3, -0.25) is 5.32 Å². The molecule has 1 aliphatic rings. The van der Waals surface area contributed by atoms with Crippen LogP contribution in [-0.4, -0.2) is 23.3 Å². The predicted molar refractivity (Wildman–Crippen MR) is 82.6 cm³/mol. The molecule has 1 fully saturated rings. The van der Waals surface area contributed by atoms with Crippen molar-refractivity contribution in [2.45, 2.75) is 24.4 Å². The second-order valence-corrected chi connectivity index (χ2v) is 5.83. The zero-order chi connectivity index (χ0) is 15.7. The summed E-state index contributed by atoms with van der Waals surface area (Å²) in [7, 11) is 0. The molecule has 0 aliphatic carbocycles. The lowest BCUT2D eigenvalue weighted by Crippen LogP contribution is -2.68. The second kappa shape index (κ2) is 5.53. The molecule has 4 heteroatoms. The number of benzene rings is 2. The van der Waals surface area contributed by atoms with E-state index in [1.165, 1.54) is 6.07 Å². The Bertz CT molecular complexity index is 723. The lowest BCUT2D eigenvalue weighted by Gasteiger charge is -2.50. The Morgan fingerprint density at radius 3 is 2.50 bits per heavy atom. The van der Waals surface area contributed by atoms with Crippen LogP contribution in [0.3, 0.4) is 0 Å². The SMILES string of the molecule is C[C@]1(C#N)N[C@@H](CO)[C@H]1c1ccc(-c2ccccc2F)cc1. The second-order valence-electron chi connectivity index (χ2n) is 5.83. The minimum absolute atomic E-state index is 0.0169. The Kier molecular flexibility index (Phi) is 3.69. The Hall–Kier alpha value is -2.22. The molecule has 0 unspecified atom stereocenters. The fourth-order valence-corrected chi connectivity index (χ4v) is 3.25. The molecule has 3 atom stereocenters. The molecule has 0 spiro atoms. The van der Waals surface area contributed by atoms with Crippen LogP contribution in [0.1, 0.15) is 18.4 Å². The minimum atomic E-state index is -0.674. The van der Waals surface area contributed by atoms with Gasteiger partial charge < -0.3 is 5.11 Å². The number of aliphatic hydroxyl groups is 1. The maximum absolute atomic E-state index is 13.8. The predicted octanol–water partition coefficient (Wildman–Crippen LogP) is 2.82. The average Bonchev–Trinajstić information content (AvgIpc) is 2.53. The Morgan fingerprint density at radius 1 is 1.23 bits per heavy atom. The highest BCUT2D eigenvalue weighted by Gasteiger charge is 2.51. The third kappa shape index (κ3) is 2.29. The Labute approximate surface area is 129 Å². The quantitative estimate of drug-likeness (QED) is 0.915. The summed E-state index contributed by atoms with van der Waals surface area (Å²) in [5.74, 6) is -0.326. The maximum Gasteiger partial charge on any atom is 0.131 e. The molecule has 3 rings (SSSR count). The van der Waals surface area contributed by atoms with Crippen molar-refractivity contribution in [3.05, 3.63) is 59.9 Å². The van der Waals surface area contributed by atoms with Gasteiger partial charge in [-0.25, -0.2) is 4.39 Å². The molecule has 0 amide bonds. The van der Waals surface area contributed by atoms with Crippen molar-refractivity contribution in [3.63, 3.8) is 0 Å². The summed E-state index contributed by atoms with van der Waals surface area (Å²) in [6.07, 6.45) is 0. The van der Waals surface area contributed by atoms with Gasteiger partial charge in [-0.1, -0.05) is 42.5 Å². The third-order valence-electron chi connectivity index (χ3n) is 4.39. The van der Waals surface area contributed by atoms with Crippen molar-refractivity contribution in [3.8, 4) is 17.2 Å². The number of hydrogen-bond donors (Lipinski definition) is 2. The molecule has 0 aromatic heterocycles. The first-order chi connectivity index (χ1) is 10.6. The number of hydrogen-bond acceptors (Lipinski definition) is 3. The lowest BCUT2D eigenvalue weighted by atomic mass is 9.69. The molecule has 2 aromatic rings. The molecule has 0 bridgehead atoms. The number of nitriles is 1. The van der Waals surface area contributed by atoms with E-state index in [9.17, 15) is 14.8 Å². The van der Waals surface area contributed by atoms with E-state index >= 15 is 0 Å².